The Kier molecular flexibility index (Phi) is 7.22. The van der Waals surface area contributed by atoms with Gasteiger partial charge in [0.25, 0.3) is 0 Å². The van der Waals surface area contributed by atoms with Crippen molar-refractivity contribution in [1.82, 2.24) is 0 Å². The molecule has 0 radical (unpaired) electrons. The van der Waals surface area contributed by atoms with Crippen molar-refractivity contribution in [2.75, 3.05) is 13.7 Å². The summed E-state index contributed by atoms with van der Waals surface area (Å²) in [6.07, 6.45) is 8.86. The van der Waals surface area contributed by atoms with E-state index in [1.165, 1.54) is 43.2 Å². The molecule has 1 atom stereocenters. The molecule has 23 heavy (non-hydrogen) atoms. The van der Waals surface area contributed by atoms with E-state index in [0.717, 1.165) is 36.5 Å². The van der Waals surface area contributed by atoms with Crippen LogP contribution in [0.5, 0.6) is 11.5 Å². The molecule has 0 aliphatic carbocycles. The minimum atomic E-state index is 0.265. The third-order valence-electron chi connectivity index (χ3n) is 4.66. The minimum absolute atomic E-state index is 0.265. The molecule has 1 unspecified atom stereocenters. The van der Waals surface area contributed by atoms with Crippen LogP contribution in [-0.4, -0.2) is 19.8 Å². The summed E-state index contributed by atoms with van der Waals surface area (Å²) in [5, 5.41) is 0. The smallest absolute Gasteiger partial charge is 0.131 e. The number of hydrogen-bond acceptors (Lipinski definition) is 3. The van der Waals surface area contributed by atoms with Gasteiger partial charge in [0.2, 0.25) is 0 Å². The Hall–Kier alpha value is -1.22. The molecule has 1 heterocycles. The molecule has 1 aliphatic rings. The topological polar surface area (TPSA) is 27.7 Å². The normalized spacial score (nSPS) is 17.0. The summed E-state index contributed by atoms with van der Waals surface area (Å²) in [5.74, 6) is 1.91. The van der Waals surface area contributed by atoms with E-state index in [1.807, 2.05) is 0 Å². The van der Waals surface area contributed by atoms with Gasteiger partial charge in [0.15, 0.2) is 0 Å². The number of benzene rings is 1. The summed E-state index contributed by atoms with van der Waals surface area (Å²) in [6.45, 7) is 7.87. The predicted octanol–water partition coefficient (Wildman–Crippen LogP) is 5.20. The van der Waals surface area contributed by atoms with Crippen LogP contribution < -0.4 is 9.47 Å². The van der Waals surface area contributed by atoms with Crippen molar-refractivity contribution in [2.24, 2.45) is 0 Å². The maximum Gasteiger partial charge on any atom is 0.131 e. The van der Waals surface area contributed by atoms with E-state index >= 15 is 0 Å². The van der Waals surface area contributed by atoms with Crippen molar-refractivity contribution in [1.29, 1.82) is 0 Å². The SMILES string of the molecule is CCCCCCCCOc1c(C)c(OC)cc2c1COC(C)C2. The zero-order chi connectivity index (χ0) is 16.7. The zero-order valence-electron chi connectivity index (χ0n) is 15.2. The van der Waals surface area contributed by atoms with Crippen LogP contribution in [0.2, 0.25) is 0 Å². The van der Waals surface area contributed by atoms with E-state index < -0.39 is 0 Å². The van der Waals surface area contributed by atoms with Gasteiger partial charge in [-0.15, -0.1) is 0 Å². The number of fused-ring (bicyclic) bond motifs is 1. The number of ether oxygens (including phenoxy) is 3. The van der Waals surface area contributed by atoms with Gasteiger partial charge in [0.05, 0.1) is 26.4 Å². The van der Waals surface area contributed by atoms with Crippen molar-refractivity contribution in [3.05, 3.63) is 22.8 Å². The maximum absolute atomic E-state index is 6.16. The van der Waals surface area contributed by atoms with Crippen LogP contribution in [0.15, 0.2) is 6.07 Å². The summed E-state index contributed by atoms with van der Waals surface area (Å²) in [7, 11) is 1.73. The predicted molar refractivity (Wildman–Crippen MR) is 94.6 cm³/mol. The van der Waals surface area contributed by atoms with Crippen molar-refractivity contribution in [3.8, 4) is 11.5 Å². The molecule has 0 fully saturated rings. The Balaban J connectivity index is 1.98. The zero-order valence-corrected chi connectivity index (χ0v) is 15.2. The summed E-state index contributed by atoms with van der Waals surface area (Å²) < 4.78 is 17.5. The third-order valence-corrected chi connectivity index (χ3v) is 4.66. The van der Waals surface area contributed by atoms with Gasteiger partial charge < -0.3 is 14.2 Å². The average molecular weight is 320 g/mol. The molecule has 1 aromatic carbocycles. The summed E-state index contributed by atoms with van der Waals surface area (Å²) in [5.41, 5.74) is 3.62. The number of unbranched alkanes of at least 4 members (excludes halogenated alkanes) is 5. The van der Waals surface area contributed by atoms with Crippen LogP contribution in [0.3, 0.4) is 0 Å². The lowest BCUT2D eigenvalue weighted by Gasteiger charge is -2.26. The molecule has 3 heteroatoms. The van der Waals surface area contributed by atoms with Crippen molar-refractivity contribution in [3.63, 3.8) is 0 Å². The van der Waals surface area contributed by atoms with Crippen molar-refractivity contribution in [2.45, 2.75) is 78.4 Å². The molecule has 1 aliphatic heterocycles. The minimum Gasteiger partial charge on any atom is -0.496 e. The molecular weight excluding hydrogens is 288 g/mol. The Morgan fingerprint density at radius 1 is 1.17 bits per heavy atom. The Labute approximate surface area is 141 Å². The quantitative estimate of drug-likeness (QED) is 0.585. The highest BCUT2D eigenvalue weighted by Gasteiger charge is 2.23. The first-order chi connectivity index (χ1) is 11.2. The van der Waals surface area contributed by atoms with Crippen LogP contribution in [0.4, 0.5) is 0 Å². The molecule has 130 valence electrons. The highest BCUT2D eigenvalue weighted by molar-refractivity contribution is 5.54. The van der Waals surface area contributed by atoms with Crippen LogP contribution in [0.25, 0.3) is 0 Å². The molecule has 2 rings (SSSR count). The lowest BCUT2D eigenvalue weighted by atomic mass is 9.95. The maximum atomic E-state index is 6.16. The van der Waals surface area contributed by atoms with E-state index in [9.17, 15) is 0 Å². The summed E-state index contributed by atoms with van der Waals surface area (Å²) in [6, 6.07) is 2.15. The molecule has 3 nitrogen and oxygen atoms in total. The van der Waals surface area contributed by atoms with Crippen LogP contribution in [-0.2, 0) is 17.8 Å². The van der Waals surface area contributed by atoms with E-state index in [4.69, 9.17) is 14.2 Å². The van der Waals surface area contributed by atoms with Crippen LogP contribution in [0, 0.1) is 6.92 Å². The molecule has 0 amide bonds. The third kappa shape index (κ3) is 4.87. The molecule has 0 bridgehead atoms. The van der Waals surface area contributed by atoms with Gasteiger partial charge in [-0.05, 0) is 38.3 Å². The lowest BCUT2D eigenvalue weighted by Crippen LogP contribution is -2.20. The van der Waals surface area contributed by atoms with Gasteiger partial charge in [0.1, 0.15) is 11.5 Å². The first-order valence-electron chi connectivity index (χ1n) is 9.11. The van der Waals surface area contributed by atoms with Gasteiger partial charge in [-0.25, -0.2) is 0 Å². The molecule has 1 aromatic rings. The standard InChI is InChI=1S/C20H32O3/c1-5-6-7-8-9-10-11-22-20-16(3)19(21-4)13-17-12-15(2)23-14-18(17)20/h13,15H,5-12,14H2,1-4H3. The van der Waals surface area contributed by atoms with Gasteiger partial charge in [-0.2, -0.15) is 0 Å². The number of hydrogen-bond donors (Lipinski definition) is 0. The molecule has 0 N–H and O–H groups in total. The molecule has 0 spiro atoms. The molecule has 0 saturated heterocycles. The van der Waals surface area contributed by atoms with E-state index in [0.29, 0.717) is 6.61 Å². The Morgan fingerprint density at radius 2 is 1.91 bits per heavy atom. The summed E-state index contributed by atoms with van der Waals surface area (Å²) >= 11 is 0. The number of methoxy groups -OCH3 is 1. The second-order valence-electron chi connectivity index (χ2n) is 6.61. The monoisotopic (exact) mass is 320 g/mol. The second-order valence-corrected chi connectivity index (χ2v) is 6.61. The largest absolute Gasteiger partial charge is 0.496 e. The Morgan fingerprint density at radius 3 is 2.65 bits per heavy atom. The highest BCUT2D eigenvalue weighted by Crippen LogP contribution is 2.38. The Bertz CT molecular complexity index is 496. The fourth-order valence-electron chi connectivity index (χ4n) is 3.24. The van der Waals surface area contributed by atoms with Crippen LogP contribution in [0.1, 0.15) is 69.1 Å². The van der Waals surface area contributed by atoms with Crippen molar-refractivity contribution < 1.29 is 14.2 Å². The fourth-order valence-corrected chi connectivity index (χ4v) is 3.24. The first kappa shape index (κ1) is 18.1. The van der Waals surface area contributed by atoms with Crippen LogP contribution >= 0.6 is 0 Å². The molecule has 0 aromatic heterocycles. The second kappa shape index (κ2) is 9.17. The molecular formula is C20H32O3. The first-order valence-corrected chi connectivity index (χ1v) is 9.11. The fraction of sp³-hybridized carbons (Fsp3) is 0.700. The van der Waals surface area contributed by atoms with E-state index in [1.54, 1.807) is 7.11 Å². The van der Waals surface area contributed by atoms with Gasteiger partial charge >= 0.3 is 0 Å². The van der Waals surface area contributed by atoms with Gasteiger partial charge in [0, 0.05) is 11.1 Å². The lowest BCUT2D eigenvalue weighted by molar-refractivity contribution is 0.0390. The van der Waals surface area contributed by atoms with Crippen molar-refractivity contribution >= 4 is 0 Å². The van der Waals surface area contributed by atoms with E-state index in [-0.39, 0.29) is 6.10 Å². The van der Waals surface area contributed by atoms with E-state index in [2.05, 4.69) is 26.8 Å². The number of rotatable bonds is 9. The average Bonchev–Trinajstić information content (AvgIpc) is 2.55. The highest BCUT2D eigenvalue weighted by atomic mass is 16.5. The molecule has 0 saturated carbocycles. The van der Waals surface area contributed by atoms with Gasteiger partial charge in [-0.3, -0.25) is 0 Å². The summed E-state index contributed by atoms with van der Waals surface area (Å²) in [4.78, 5) is 0. The van der Waals surface area contributed by atoms with Gasteiger partial charge in [-0.1, -0.05) is 39.0 Å².